The molecule has 2 aliphatic carbocycles. The number of amides is 1. The zero-order chi connectivity index (χ0) is 20.4. The normalized spacial score (nSPS) is 25.8. The van der Waals surface area contributed by atoms with E-state index in [1.54, 1.807) is 0 Å². The van der Waals surface area contributed by atoms with Gasteiger partial charge in [-0.15, -0.1) is 0 Å². The molecule has 1 aromatic carbocycles. The molecular weight excluding hydrogens is 379 g/mol. The molecule has 1 aliphatic heterocycles. The van der Waals surface area contributed by atoms with Gasteiger partial charge in [-0.25, -0.2) is 0 Å². The first-order valence-electron chi connectivity index (χ1n) is 10.8. The molecule has 2 unspecified atom stereocenters. The zero-order valence-corrected chi connectivity index (χ0v) is 16.7. The third-order valence-corrected chi connectivity index (χ3v) is 6.35. The summed E-state index contributed by atoms with van der Waals surface area (Å²) < 4.78 is 37.5. The third kappa shape index (κ3) is 6.19. The number of carbonyl (C=O) groups is 1. The first-order valence-corrected chi connectivity index (χ1v) is 10.8. The van der Waals surface area contributed by atoms with E-state index < -0.39 is 12.7 Å². The van der Waals surface area contributed by atoms with E-state index in [-0.39, 0.29) is 11.9 Å². The molecule has 0 spiro atoms. The number of benzene rings is 1. The van der Waals surface area contributed by atoms with Crippen molar-refractivity contribution in [1.82, 2.24) is 15.5 Å². The van der Waals surface area contributed by atoms with Gasteiger partial charge in [0.1, 0.15) is 0 Å². The fraction of sp³-hybridized carbons (Fsp3) is 0.682. The third-order valence-electron chi connectivity index (χ3n) is 6.35. The summed E-state index contributed by atoms with van der Waals surface area (Å²) in [7, 11) is 0. The number of likely N-dealkylation sites (tertiary alicyclic amines) is 1. The lowest BCUT2D eigenvalue weighted by Gasteiger charge is -2.32. The number of carbonyl (C=O) groups excluding carboxylic acids is 1. The van der Waals surface area contributed by atoms with Gasteiger partial charge in [-0.2, -0.15) is 13.2 Å². The standard InChI is InChI=1S/C22H30F3N3O/c23-22(24,25)14-28-10-7-18(8-11-28)27-21(29)17-3-1-2-16(12-17)19-13-20(19)26-9-6-15-4-5-15/h1-3,12,15,18-20,26H,4-11,13-14H2,(H,27,29). The highest BCUT2D eigenvalue weighted by atomic mass is 19.4. The largest absolute Gasteiger partial charge is 0.401 e. The van der Waals surface area contributed by atoms with Gasteiger partial charge in [-0.3, -0.25) is 9.69 Å². The van der Waals surface area contributed by atoms with Crippen LogP contribution in [0.5, 0.6) is 0 Å². The maximum Gasteiger partial charge on any atom is 0.401 e. The molecule has 29 heavy (non-hydrogen) atoms. The molecule has 1 aromatic rings. The average molecular weight is 409 g/mol. The highest BCUT2D eigenvalue weighted by molar-refractivity contribution is 5.94. The lowest BCUT2D eigenvalue weighted by Crippen LogP contribution is -2.47. The van der Waals surface area contributed by atoms with E-state index in [1.165, 1.54) is 29.7 Å². The lowest BCUT2D eigenvalue weighted by atomic mass is 10.0. The van der Waals surface area contributed by atoms with E-state index in [1.807, 2.05) is 18.2 Å². The van der Waals surface area contributed by atoms with Crippen molar-refractivity contribution in [1.29, 1.82) is 0 Å². The molecule has 1 heterocycles. The Morgan fingerprint density at radius 2 is 1.90 bits per heavy atom. The van der Waals surface area contributed by atoms with Crippen LogP contribution in [0.1, 0.15) is 60.4 Å². The van der Waals surface area contributed by atoms with Crippen LogP contribution in [0.3, 0.4) is 0 Å². The maximum atomic E-state index is 12.6. The van der Waals surface area contributed by atoms with E-state index in [2.05, 4.69) is 16.7 Å². The van der Waals surface area contributed by atoms with Gasteiger partial charge in [0.2, 0.25) is 0 Å². The summed E-state index contributed by atoms with van der Waals surface area (Å²) in [6, 6.07) is 8.25. The zero-order valence-electron chi connectivity index (χ0n) is 16.7. The number of piperidine rings is 1. The summed E-state index contributed by atoms with van der Waals surface area (Å²) in [6.07, 6.45) is 2.10. The van der Waals surface area contributed by atoms with E-state index in [4.69, 9.17) is 0 Å². The van der Waals surface area contributed by atoms with Crippen molar-refractivity contribution in [3.63, 3.8) is 0 Å². The van der Waals surface area contributed by atoms with Crippen LogP contribution in [-0.2, 0) is 0 Å². The van der Waals surface area contributed by atoms with Crippen LogP contribution in [-0.4, -0.2) is 55.2 Å². The summed E-state index contributed by atoms with van der Waals surface area (Å²) in [6.45, 7) is 0.938. The first-order chi connectivity index (χ1) is 13.9. The molecule has 1 saturated heterocycles. The van der Waals surface area contributed by atoms with Crippen LogP contribution in [0, 0.1) is 5.92 Å². The number of rotatable bonds is 8. The van der Waals surface area contributed by atoms with Gasteiger partial charge in [-0.05, 0) is 55.8 Å². The Kier molecular flexibility index (Phi) is 6.16. The van der Waals surface area contributed by atoms with Gasteiger partial charge >= 0.3 is 6.18 Å². The molecule has 160 valence electrons. The molecule has 0 aromatic heterocycles. The molecular formula is C22H30F3N3O. The minimum atomic E-state index is -4.16. The van der Waals surface area contributed by atoms with Crippen molar-refractivity contribution >= 4 is 5.91 Å². The van der Waals surface area contributed by atoms with Crippen LogP contribution in [0.25, 0.3) is 0 Å². The second-order valence-electron chi connectivity index (χ2n) is 8.90. The van der Waals surface area contributed by atoms with Gasteiger partial charge < -0.3 is 10.6 Å². The van der Waals surface area contributed by atoms with Crippen LogP contribution >= 0.6 is 0 Å². The first kappa shape index (κ1) is 20.7. The van der Waals surface area contributed by atoms with Gasteiger partial charge in [0.25, 0.3) is 5.91 Å². The van der Waals surface area contributed by atoms with Crippen molar-refractivity contribution in [3.8, 4) is 0 Å². The molecule has 2 N–H and O–H groups in total. The number of hydrogen-bond acceptors (Lipinski definition) is 3. The molecule has 0 bridgehead atoms. The highest BCUT2D eigenvalue weighted by Crippen LogP contribution is 2.41. The van der Waals surface area contributed by atoms with Crippen molar-refractivity contribution in [2.24, 2.45) is 5.92 Å². The molecule has 4 nitrogen and oxygen atoms in total. The number of hydrogen-bond donors (Lipinski definition) is 2. The molecule has 3 aliphatic rings. The second-order valence-corrected chi connectivity index (χ2v) is 8.90. The number of alkyl halides is 3. The number of nitrogens with zero attached hydrogens (tertiary/aromatic N) is 1. The van der Waals surface area contributed by atoms with Crippen molar-refractivity contribution in [2.75, 3.05) is 26.2 Å². The maximum absolute atomic E-state index is 12.6. The Balaban J connectivity index is 1.23. The summed E-state index contributed by atoms with van der Waals surface area (Å²) >= 11 is 0. The quantitative estimate of drug-likeness (QED) is 0.688. The van der Waals surface area contributed by atoms with Crippen LogP contribution in [0.15, 0.2) is 24.3 Å². The smallest absolute Gasteiger partial charge is 0.349 e. The summed E-state index contributed by atoms with van der Waals surface area (Å²) in [4.78, 5) is 14.0. The predicted octanol–water partition coefficient (Wildman–Crippen LogP) is 3.69. The summed E-state index contributed by atoms with van der Waals surface area (Å²) in [5.41, 5.74) is 1.84. The van der Waals surface area contributed by atoms with Gasteiger partial charge in [0, 0.05) is 36.7 Å². The molecule has 0 radical (unpaired) electrons. The Hall–Kier alpha value is -1.60. The monoisotopic (exact) mass is 409 g/mol. The van der Waals surface area contributed by atoms with Gasteiger partial charge in [-0.1, -0.05) is 25.0 Å². The minimum absolute atomic E-state index is 0.0617. The highest BCUT2D eigenvalue weighted by Gasteiger charge is 2.38. The van der Waals surface area contributed by atoms with Gasteiger partial charge in [0.15, 0.2) is 0 Å². The molecule has 1 amide bonds. The molecule has 4 rings (SSSR count). The van der Waals surface area contributed by atoms with Crippen molar-refractivity contribution < 1.29 is 18.0 Å². The number of halogens is 3. The van der Waals surface area contributed by atoms with Crippen molar-refractivity contribution in [2.45, 2.75) is 62.7 Å². The second kappa shape index (κ2) is 8.64. The molecule has 3 fully saturated rings. The molecule has 7 heteroatoms. The summed E-state index contributed by atoms with van der Waals surface area (Å²) in [5.74, 6) is 1.29. The van der Waals surface area contributed by atoms with Crippen LogP contribution in [0.2, 0.25) is 0 Å². The molecule has 2 atom stereocenters. The van der Waals surface area contributed by atoms with Crippen LogP contribution < -0.4 is 10.6 Å². The average Bonchev–Trinajstić information content (AvgIpc) is 3.58. The van der Waals surface area contributed by atoms with Gasteiger partial charge in [0.05, 0.1) is 6.54 Å². The van der Waals surface area contributed by atoms with E-state index in [9.17, 15) is 18.0 Å². The van der Waals surface area contributed by atoms with Crippen molar-refractivity contribution in [3.05, 3.63) is 35.4 Å². The minimum Gasteiger partial charge on any atom is -0.349 e. The Labute approximate surface area is 170 Å². The van der Waals surface area contributed by atoms with E-state index in [0.717, 1.165) is 18.9 Å². The topological polar surface area (TPSA) is 44.4 Å². The van der Waals surface area contributed by atoms with E-state index >= 15 is 0 Å². The lowest BCUT2D eigenvalue weighted by molar-refractivity contribution is -0.148. The Morgan fingerprint density at radius 3 is 2.59 bits per heavy atom. The van der Waals surface area contributed by atoms with E-state index in [0.29, 0.717) is 43.5 Å². The molecule has 2 saturated carbocycles. The summed E-state index contributed by atoms with van der Waals surface area (Å²) in [5, 5.41) is 6.63. The predicted molar refractivity (Wildman–Crippen MR) is 106 cm³/mol. The fourth-order valence-electron chi connectivity index (χ4n) is 4.34. The number of nitrogens with one attached hydrogen (secondary N) is 2. The Morgan fingerprint density at radius 1 is 1.14 bits per heavy atom. The van der Waals surface area contributed by atoms with Crippen LogP contribution in [0.4, 0.5) is 13.2 Å². The SMILES string of the molecule is O=C(NC1CCN(CC(F)(F)F)CC1)c1cccc(C2CC2NCCC2CC2)c1. The fourth-order valence-corrected chi connectivity index (χ4v) is 4.34. The Bertz CT molecular complexity index is 711.